The lowest BCUT2D eigenvalue weighted by atomic mass is 10.2. The Bertz CT molecular complexity index is 1070. The van der Waals surface area contributed by atoms with E-state index < -0.39 is 15.8 Å². The van der Waals surface area contributed by atoms with E-state index in [9.17, 15) is 12.8 Å². The average Bonchev–Trinajstić information content (AvgIpc) is 3.09. The molecule has 1 aliphatic rings. The minimum atomic E-state index is -4.07. The van der Waals surface area contributed by atoms with Crippen molar-refractivity contribution in [3.8, 4) is 0 Å². The second kappa shape index (κ2) is 6.37. The van der Waals surface area contributed by atoms with Gasteiger partial charge in [0.2, 0.25) is 0 Å². The average molecular weight is 374 g/mol. The first-order chi connectivity index (χ1) is 12.5. The van der Waals surface area contributed by atoms with Crippen LogP contribution in [0.3, 0.4) is 0 Å². The minimum Gasteiger partial charge on any atom is -0.367 e. The van der Waals surface area contributed by atoms with E-state index in [1.54, 1.807) is 25.1 Å². The number of imidazole rings is 1. The van der Waals surface area contributed by atoms with Gasteiger partial charge in [-0.2, -0.15) is 0 Å². The van der Waals surface area contributed by atoms with E-state index in [2.05, 4.69) is 15.2 Å². The molecule has 1 N–H and O–H groups in total. The highest BCUT2D eigenvalue weighted by Gasteiger charge is 2.25. The number of aromatic nitrogens is 2. The third kappa shape index (κ3) is 2.65. The molecule has 0 atom stereocenters. The lowest BCUT2D eigenvalue weighted by Gasteiger charge is -2.29. The summed E-state index contributed by atoms with van der Waals surface area (Å²) in [6.07, 6.45) is 1.26. The Morgan fingerprint density at radius 1 is 1.12 bits per heavy atom. The van der Waals surface area contributed by atoms with Crippen LogP contribution in [0.25, 0.3) is 11.0 Å². The van der Waals surface area contributed by atoms with Crippen LogP contribution in [0.2, 0.25) is 0 Å². The number of piperazine rings is 1. The predicted octanol–water partition coefficient (Wildman–Crippen LogP) is 2.13. The Morgan fingerprint density at radius 3 is 2.62 bits per heavy atom. The number of anilines is 1. The van der Waals surface area contributed by atoms with E-state index in [4.69, 9.17) is 0 Å². The van der Waals surface area contributed by atoms with Gasteiger partial charge in [-0.1, -0.05) is 18.2 Å². The number of nitrogens with zero attached hydrogens (tertiary/aromatic N) is 3. The van der Waals surface area contributed by atoms with Crippen LogP contribution in [0, 0.1) is 12.7 Å². The maximum absolute atomic E-state index is 14.4. The number of nitrogens with one attached hydrogen (secondary N) is 1. The summed E-state index contributed by atoms with van der Waals surface area (Å²) in [6.45, 7) is 4.92. The Labute approximate surface area is 151 Å². The lowest BCUT2D eigenvalue weighted by molar-refractivity contribution is 0.557. The maximum atomic E-state index is 14.4. The van der Waals surface area contributed by atoms with Crippen LogP contribution in [-0.2, 0) is 10.0 Å². The van der Waals surface area contributed by atoms with Crippen molar-refractivity contribution in [1.29, 1.82) is 0 Å². The fraction of sp³-hybridized carbons (Fsp3) is 0.278. The zero-order valence-corrected chi connectivity index (χ0v) is 15.1. The maximum Gasteiger partial charge on any atom is 0.272 e. The first-order valence-corrected chi connectivity index (χ1v) is 9.86. The fourth-order valence-electron chi connectivity index (χ4n) is 3.28. The molecule has 6 nitrogen and oxygen atoms in total. The molecule has 0 bridgehead atoms. The number of aryl methyl sites for hydroxylation is 1. The van der Waals surface area contributed by atoms with Gasteiger partial charge in [0, 0.05) is 26.2 Å². The first-order valence-electron chi connectivity index (χ1n) is 8.42. The van der Waals surface area contributed by atoms with Crippen LogP contribution < -0.4 is 10.2 Å². The van der Waals surface area contributed by atoms with Gasteiger partial charge in [-0.05, 0) is 30.7 Å². The standard InChI is InChI=1S/C18H19FN4O2S/c1-13-4-2-7-16(17(13)19)26(24,25)23-12-21-18-14(5-3-6-15(18)23)22-10-8-20-9-11-22/h2-7,12,20H,8-11H2,1H3. The third-order valence-corrected chi connectivity index (χ3v) is 6.35. The van der Waals surface area contributed by atoms with Crippen molar-refractivity contribution >= 4 is 26.7 Å². The molecule has 136 valence electrons. The molecule has 2 heterocycles. The van der Waals surface area contributed by atoms with Crippen LogP contribution in [0.1, 0.15) is 5.56 Å². The largest absolute Gasteiger partial charge is 0.367 e. The highest BCUT2D eigenvalue weighted by Crippen LogP contribution is 2.29. The quantitative estimate of drug-likeness (QED) is 0.761. The highest BCUT2D eigenvalue weighted by atomic mass is 32.2. The summed E-state index contributed by atoms with van der Waals surface area (Å²) in [5.41, 5.74) is 2.23. The minimum absolute atomic E-state index is 0.289. The number of rotatable bonds is 3. The van der Waals surface area contributed by atoms with Crippen molar-refractivity contribution in [2.24, 2.45) is 0 Å². The van der Waals surface area contributed by atoms with Crippen molar-refractivity contribution in [1.82, 2.24) is 14.3 Å². The summed E-state index contributed by atoms with van der Waals surface area (Å²) in [5.74, 6) is -0.729. The van der Waals surface area contributed by atoms with Crippen molar-refractivity contribution < 1.29 is 12.8 Å². The van der Waals surface area contributed by atoms with Crippen LogP contribution in [-0.4, -0.2) is 43.6 Å². The monoisotopic (exact) mass is 374 g/mol. The van der Waals surface area contributed by atoms with E-state index in [0.717, 1.165) is 35.8 Å². The zero-order chi connectivity index (χ0) is 18.3. The lowest BCUT2D eigenvalue weighted by Crippen LogP contribution is -2.43. The van der Waals surface area contributed by atoms with Crippen LogP contribution in [0.15, 0.2) is 47.6 Å². The molecule has 0 radical (unpaired) electrons. The molecule has 0 amide bonds. The molecule has 1 saturated heterocycles. The SMILES string of the molecule is Cc1cccc(S(=O)(=O)n2cnc3c(N4CCNCC4)cccc32)c1F. The molecule has 1 fully saturated rings. The molecule has 1 aromatic heterocycles. The molecule has 0 unspecified atom stereocenters. The normalized spacial score (nSPS) is 15.5. The molecule has 0 aliphatic carbocycles. The summed E-state index contributed by atoms with van der Waals surface area (Å²) >= 11 is 0. The van der Waals surface area contributed by atoms with E-state index in [1.165, 1.54) is 18.5 Å². The number of halogens is 1. The van der Waals surface area contributed by atoms with Gasteiger partial charge in [0.25, 0.3) is 10.0 Å². The van der Waals surface area contributed by atoms with Gasteiger partial charge in [0.15, 0.2) is 0 Å². The van der Waals surface area contributed by atoms with Crippen molar-refractivity contribution in [3.63, 3.8) is 0 Å². The molecular formula is C18H19FN4O2S. The molecule has 8 heteroatoms. The van der Waals surface area contributed by atoms with Crippen molar-refractivity contribution in [3.05, 3.63) is 54.1 Å². The Morgan fingerprint density at radius 2 is 1.85 bits per heavy atom. The number of para-hydroxylation sites is 1. The number of fused-ring (bicyclic) bond motifs is 1. The first kappa shape index (κ1) is 17.0. The number of hydrogen-bond acceptors (Lipinski definition) is 5. The molecule has 3 aromatic rings. The van der Waals surface area contributed by atoms with Crippen LogP contribution >= 0.6 is 0 Å². The van der Waals surface area contributed by atoms with Crippen LogP contribution in [0.5, 0.6) is 0 Å². The molecular weight excluding hydrogens is 355 g/mol. The third-order valence-electron chi connectivity index (χ3n) is 4.67. The zero-order valence-electron chi connectivity index (χ0n) is 14.3. The number of hydrogen-bond donors (Lipinski definition) is 1. The summed E-state index contributed by atoms with van der Waals surface area (Å²) in [6, 6.07) is 9.80. The second-order valence-electron chi connectivity index (χ2n) is 6.31. The smallest absolute Gasteiger partial charge is 0.272 e. The topological polar surface area (TPSA) is 67.2 Å². The van der Waals surface area contributed by atoms with Gasteiger partial charge in [-0.25, -0.2) is 21.8 Å². The van der Waals surface area contributed by atoms with Gasteiger partial charge in [-0.3, -0.25) is 0 Å². The summed E-state index contributed by atoms with van der Waals surface area (Å²) < 4.78 is 41.6. The second-order valence-corrected chi connectivity index (χ2v) is 8.10. The van der Waals surface area contributed by atoms with Gasteiger partial charge >= 0.3 is 0 Å². The molecule has 0 spiro atoms. The Balaban J connectivity index is 1.86. The predicted molar refractivity (Wildman–Crippen MR) is 98.5 cm³/mol. The summed E-state index contributed by atoms with van der Waals surface area (Å²) in [4.78, 5) is 6.17. The van der Waals surface area contributed by atoms with Gasteiger partial charge in [-0.15, -0.1) is 0 Å². The van der Waals surface area contributed by atoms with E-state index in [1.807, 2.05) is 6.07 Å². The molecule has 0 saturated carbocycles. The van der Waals surface area contributed by atoms with E-state index in [0.29, 0.717) is 11.0 Å². The van der Waals surface area contributed by atoms with Crippen molar-refractivity contribution in [2.75, 3.05) is 31.1 Å². The summed E-state index contributed by atoms with van der Waals surface area (Å²) in [5, 5.41) is 3.29. The fourth-order valence-corrected chi connectivity index (χ4v) is 4.71. The highest BCUT2D eigenvalue weighted by molar-refractivity contribution is 7.90. The molecule has 4 rings (SSSR count). The van der Waals surface area contributed by atoms with Crippen LogP contribution in [0.4, 0.5) is 10.1 Å². The molecule has 2 aromatic carbocycles. The molecule has 1 aliphatic heterocycles. The number of benzene rings is 2. The Kier molecular flexibility index (Phi) is 4.16. The Hall–Kier alpha value is -2.45. The van der Waals surface area contributed by atoms with Gasteiger partial charge in [0.1, 0.15) is 22.6 Å². The van der Waals surface area contributed by atoms with Crippen molar-refractivity contribution in [2.45, 2.75) is 11.8 Å². The van der Waals surface area contributed by atoms with E-state index in [-0.39, 0.29) is 10.5 Å². The van der Waals surface area contributed by atoms with E-state index >= 15 is 0 Å². The summed E-state index contributed by atoms with van der Waals surface area (Å²) in [7, 11) is -4.07. The molecule has 26 heavy (non-hydrogen) atoms. The van der Waals surface area contributed by atoms with Gasteiger partial charge < -0.3 is 10.2 Å². The van der Waals surface area contributed by atoms with Gasteiger partial charge in [0.05, 0.1) is 11.2 Å².